The quantitative estimate of drug-likeness (QED) is 0.706. The lowest BCUT2D eigenvalue weighted by atomic mass is 10.1. The van der Waals surface area contributed by atoms with E-state index in [2.05, 4.69) is 10.3 Å². The molecular weight excluding hydrogens is 262 g/mol. The number of rotatable bonds is 2. The molecule has 0 unspecified atom stereocenters. The smallest absolute Gasteiger partial charge is 0.257 e. The Hall–Kier alpha value is -2.88. The predicted octanol–water partition coefficient (Wildman–Crippen LogP) is 3.38. The summed E-state index contributed by atoms with van der Waals surface area (Å²) in [4.78, 5) is 16.5. The van der Waals surface area contributed by atoms with Gasteiger partial charge in [0.1, 0.15) is 0 Å². The minimum absolute atomic E-state index is 0.215. The minimum atomic E-state index is -0.215. The number of hydrogen-bond acceptors (Lipinski definition) is 3. The molecule has 0 fully saturated rings. The summed E-state index contributed by atoms with van der Waals surface area (Å²) in [5, 5.41) is 4.84. The zero-order valence-electron chi connectivity index (χ0n) is 11.6. The summed E-state index contributed by atoms with van der Waals surface area (Å²) in [6.45, 7) is 1.88. The van der Waals surface area contributed by atoms with Gasteiger partial charge in [0.2, 0.25) is 0 Å². The maximum Gasteiger partial charge on any atom is 0.257 e. The molecule has 0 saturated carbocycles. The van der Waals surface area contributed by atoms with E-state index in [4.69, 9.17) is 5.73 Å². The van der Waals surface area contributed by atoms with Crippen molar-refractivity contribution in [1.82, 2.24) is 4.98 Å². The molecule has 104 valence electrons. The molecule has 0 saturated heterocycles. The zero-order valence-corrected chi connectivity index (χ0v) is 11.6. The van der Waals surface area contributed by atoms with Crippen LogP contribution in [-0.4, -0.2) is 10.9 Å². The van der Waals surface area contributed by atoms with Gasteiger partial charge in [-0.3, -0.25) is 9.78 Å². The molecule has 1 aromatic heterocycles. The number of hydrogen-bond donors (Lipinski definition) is 2. The van der Waals surface area contributed by atoms with Crippen molar-refractivity contribution >= 4 is 28.1 Å². The van der Waals surface area contributed by atoms with Gasteiger partial charge in [-0.15, -0.1) is 0 Å². The van der Waals surface area contributed by atoms with Crippen LogP contribution in [0.4, 0.5) is 11.4 Å². The van der Waals surface area contributed by atoms with E-state index >= 15 is 0 Å². The van der Waals surface area contributed by atoms with Gasteiger partial charge in [0.25, 0.3) is 5.91 Å². The van der Waals surface area contributed by atoms with Gasteiger partial charge in [0.05, 0.1) is 11.3 Å². The number of fused-ring (bicyclic) bond motifs is 1. The number of nitrogens with zero attached hydrogens (tertiary/aromatic N) is 1. The second-order valence-electron chi connectivity index (χ2n) is 4.89. The highest BCUT2D eigenvalue weighted by Gasteiger charge is 2.12. The Kier molecular flexibility index (Phi) is 3.28. The minimum Gasteiger partial charge on any atom is -0.398 e. The third kappa shape index (κ3) is 2.43. The molecule has 1 heterocycles. The highest BCUT2D eigenvalue weighted by molar-refractivity contribution is 6.11. The molecule has 0 spiro atoms. The number of nitrogen functional groups attached to an aromatic ring is 1. The lowest BCUT2D eigenvalue weighted by Crippen LogP contribution is -2.14. The number of nitrogens with one attached hydrogen (secondary N) is 1. The Morgan fingerprint density at radius 2 is 1.95 bits per heavy atom. The highest BCUT2D eigenvalue weighted by atomic mass is 16.1. The Balaban J connectivity index is 1.99. The topological polar surface area (TPSA) is 68.0 Å². The van der Waals surface area contributed by atoms with Gasteiger partial charge in [0.15, 0.2) is 0 Å². The van der Waals surface area contributed by atoms with Crippen LogP contribution in [0, 0.1) is 6.92 Å². The average Bonchev–Trinajstić information content (AvgIpc) is 2.50. The van der Waals surface area contributed by atoms with Gasteiger partial charge < -0.3 is 11.1 Å². The maximum atomic E-state index is 12.4. The number of carbonyl (C=O) groups is 1. The van der Waals surface area contributed by atoms with Crippen LogP contribution in [-0.2, 0) is 0 Å². The fourth-order valence-electron chi connectivity index (χ4n) is 2.29. The molecule has 0 aliphatic rings. The van der Waals surface area contributed by atoms with Crippen molar-refractivity contribution in [3.63, 3.8) is 0 Å². The van der Waals surface area contributed by atoms with Crippen LogP contribution in [0.25, 0.3) is 10.8 Å². The number of nitrogens with two attached hydrogens (primary N) is 1. The fraction of sp³-hybridized carbons (Fsp3) is 0.0588. The molecule has 2 aromatic carbocycles. The van der Waals surface area contributed by atoms with Crippen LogP contribution in [0.5, 0.6) is 0 Å². The molecule has 3 rings (SSSR count). The summed E-state index contributed by atoms with van der Waals surface area (Å²) in [6, 6.07) is 13.1. The van der Waals surface area contributed by atoms with Gasteiger partial charge >= 0.3 is 0 Å². The van der Waals surface area contributed by atoms with Crippen molar-refractivity contribution in [3.05, 3.63) is 66.0 Å². The first-order valence-electron chi connectivity index (χ1n) is 6.66. The number of anilines is 2. The Bertz CT molecular complexity index is 822. The van der Waals surface area contributed by atoms with E-state index in [0.717, 1.165) is 22.0 Å². The molecule has 21 heavy (non-hydrogen) atoms. The van der Waals surface area contributed by atoms with Gasteiger partial charge in [-0.2, -0.15) is 0 Å². The summed E-state index contributed by atoms with van der Waals surface area (Å²) in [7, 11) is 0. The number of aryl methyl sites for hydroxylation is 1. The Morgan fingerprint density at radius 3 is 2.81 bits per heavy atom. The maximum absolute atomic E-state index is 12.4. The van der Waals surface area contributed by atoms with E-state index in [9.17, 15) is 4.79 Å². The van der Waals surface area contributed by atoms with Crippen molar-refractivity contribution in [2.45, 2.75) is 6.92 Å². The number of pyridine rings is 1. The summed E-state index contributed by atoms with van der Waals surface area (Å²) < 4.78 is 0. The van der Waals surface area contributed by atoms with Gasteiger partial charge in [0, 0.05) is 23.5 Å². The lowest BCUT2D eigenvalue weighted by Gasteiger charge is -2.11. The third-order valence-corrected chi connectivity index (χ3v) is 3.50. The molecule has 0 aliphatic heterocycles. The first kappa shape index (κ1) is 13.1. The van der Waals surface area contributed by atoms with Gasteiger partial charge in [-0.1, -0.05) is 24.3 Å². The third-order valence-electron chi connectivity index (χ3n) is 3.50. The number of aromatic nitrogens is 1. The van der Waals surface area contributed by atoms with Gasteiger partial charge in [-0.05, 0) is 36.1 Å². The van der Waals surface area contributed by atoms with Crippen molar-refractivity contribution in [1.29, 1.82) is 0 Å². The van der Waals surface area contributed by atoms with E-state index in [1.165, 1.54) is 0 Å². The monoisotopic (exact) mass is 277 g/mol. The van der Waals surface area contributed by atoms with Crippen molar-refractivity contribution in [2.24, 2.45) is 0 Å². The summed E-state index contributed by atoms with van der Waals surface area (Å²) in [5.41, 5.74) is 8.59. The van der Waals surface area contributed by atoms with Gasteiger partial charge in [-0.25, -0.2) is 0 Å². The number of carbonyl (C=O) groups excluding carboxylic acids is 1. The zero-order chi connectivity index (χ0) is 14.8. The van der Waals surface area contributed by atoms with Crippen LogP contribution in [0.3, 0.4) is 0 Å². The van der Waals surface area contributed by atoms with E-state index in [1.54, 1.807) is 18.5 Å². The van der Waals surface area contributed by atoms with E-state index in [1.807, 2.05) is 43.3 Å². The largest absolute Gasteiger partial charge is 0.398 e. The molecule has 4 nitrogen and oxygen atoms in total. The normalized spacial score (nSPS) is 10.5. The molecule has 0 bridgehead atoms. The van der Waals surface area contributed by atoms with Crippen LogP contribution in [0.2, 0.25) is 0 Å². The van der Waals surface area contributed by atoms with Crippen molar-refractivity contribution in [3.8, 4) is 0 Å². The second kappa shape index (κ2) is 5.25. The SMILES string of the molecule is Cc1cccc(C(=O)Nc2cccc3ccncc23)c1N. The van der Waals surface area contributed by atoms with E-state index in [-0.39, 0.29) is 5.91 Å². The van der Waals surface area contributed by atoms with Crippen molar-refractivity contribution < 1.29 is 4.79 Å². The molecule has 3 aromatic rings. The molecule has 0 radical (unpaired) electrons. The standard InChI is InChI=1S/C17H15N3O/c1-11-4-2-6-13(16(11)18)17(21)20-15-7-3-5-12-8-9-19-10-14(12)15/h2-10H,18H2,1H3,(H,20,21). The molecule has 0 aliphatic carbocycles. The van der Waals surface area contributed by atoms with Crippen LogP contribution < -0.4 is 11.1 Å². The average molecular weight is 277 g/mol. The first-order chi connectivity index (χ1) is 10.2. The molecule has 0 atom stereocenters. The van der Waals surface area contributed by atoms with E-state index < -0.39 is 0 Å². The van der Waals surface area contributed by atoms with E-state index in [0.29, 0.717) is 11.3 Å². The second-order valence-corrected chi connectivity index (χ2v) is 4.89. The summed E-state index contributed by atoms with van der Waals surface area (Å²) >= 11 is 0. The molecule has 3 N–H and O–H groups in total. The Labute approximate surface area is 122 Å². The van der Waals surface area contributed by atoms with Crippen LogP contribution in [0.15, 0.2) is 54.9 Å². The number of benzene rings is 2. The van der Waals surface area contributed by atoms with Crippen LogP contribution >= 0.6 is 0 Å². The van der Waals surface area contributed by atoms with Crippen LogP contribution in [0.1, 0.15) is 15.9 Å². The Morgan fingerprint density at radius 1 is 1.14 bits per heavy atom. The first-order valence-corrected chi connectivity index (χ1v) is 6.66. The molecule has 4 heteroatoms. The highest BCUT2D eigenvalue weighted by Crippen LogP contribution is 2.24. The number of amides is 1. The van der Waals surface area contributed by atoms with Crippen molar-refractivity contribution in [2.75, 3.05) is 11.1 Å². The summed E-state index contributed by atoms with van der Waals surface area (Å²) in [5.74, 6) is -0.215. The lowest BCUT2D eigenvalue weighted by molar-refractivity contribution is 0.102. The molecule has 1 amide bonds. The number of para-hydroxylation sites is 1. The molecular formula is C17H15N3O. The summed E-state index contributed by atoms with van der Waals surface area (Å²) in [6.07, 6.45) is 3.47. The fourth-order valence-corrected chi connectivity index (χ4v) is 2.29. The predicted molar refractivity (Wildman–Crippen MR) is 85.3 cm³/mol.